The highest BCUT2D eigenvalue weighted by Gasteiger charge is 2.20. The Kier molecular flexibility index (Phi) is 3.36. The molecule has 6 heteroatoms. The predicted octanol–water partition coefficient (Wildman–Crippen LogP) is 0.547. The van der Waals surface area contributed by atoms with Crippen molar-refractivity contribution in [1.29, 1.82) is 0 Å². The van der Waals surface area contributed by atoms with Crippen LogP contribution in [0.3, 0.4) is 0 Å². The van der Waals surface area contributed by atoms with Crippen molar-refractivity contribution in [1.82, 2.24) is 4.90 Å². The number of hydrogen-bond donors (Lipinski definition) is 0. The number of hydrogen-bond acceptors (Lipinski definition) is 5. The number of likely N-dealkylation sites (N-methyl/N-ethyl adjacent to an activating group) is 1. The molecule has 0 atom stereocenters. The molecule has 0 radical (unpaired) electrons. The topological polar surface area (TPSA) is 65.1 Å². The fourth-order valence-corrected chi connectivity index (χ4v) is 1.63. The zero-order chi connectivity index (χ0) is 13.1. The van der Waals surface area contributed by atoms with Gasteiger partial charge in [0.05, 0.1) is 7.11 Å². The van der Waals surface area contributed by atoms with Crippen LogP contribution in [0, 0.1) is 0 Å². The highest BCUT2D eigenvalue weighted by molar-refractivity contribution is 6.32. The van der Waals surface area contributed by atoms with Crippen molar-refractivity contribution in [2.45, 2.75) is 6.54 Å². The number of methoxy groups -OCH3 is 1. The molecule has 1 aromatic carbocycles. The SMILES string of the molecule is COC(=O)C(=O)N(C)Cc1ccc2c(c1)OCO2. The van der Waals surface area contributed by atoms with Crippen molar-refractivity contribution in [2.24, 2.45) is 0 Å². The van der Waals surface area contributed by atoms with Gasteiger partial charge in [-0.3, -0.25) is 4.79 Å². The summed E-state index contributed by atoms with van der Waals surface area (Å²) in [7, 11) is 2.71. The van der Waals surface area contributed by atoms with Crippen LogP contribution in [0.25, 0.3) is 0 Å². The molecule has 0 aliphatic carbocycles. The summed E-state index contributed by atoms with van der Waals surface area (Å²) in [6.07, 6.45) is 0. The smallest absolute Gasteiger partial charge is 0.396 e. The van der Waals surface area contributed by atoms with Gasteiger partial charge in [-0.15, -0.1) is 0 Å². The Hall–Kier alpha value is -2.24. The lowest BCUT2D eigenvalue weighted by Crippen LogP contribution is -2.33. The van der Waals surface area contributed by atoms with Gasteiger partial charge in [-0.25, -0.2) is 4.79 Å². The van der Waals surface area contributed by atoms with Crippen LogP contribution < -0.4 is 9.47 Å². The van der Waals surface area contributed by atoms with E-state index in [2.05, 4.69) is 4.74 Å². The Balaban J connectivity index is 2.05. The Morgan fingerprint density at radius 1 is 1.33 bits per heavy atom. The molecular weight excluding hydrogens is 238 g/mol. The van der Waals surface area contributed by atoms with Crippen LogP contribution in [0.2, 0.25) is 0 Å². The molecule has 96 valence electrons. The molecular formula is C12H13NO5. The first kappa shape index (κ1) is 12.2. The van der Waals surface area contributed by atoms with Crippen molar-refractivity contribution in [3.05, 3.63) is 23.8 Å². The number of nitrogens with zero attached hydrogens (tertiary/aromatic N) is 1. The summed E-state index contributed by atoms with van der Waals surface area (Å²) in [4.78, 5) is 23.9. The Bertz CT molecular complexity index is 485. The van der Waals surface area contributed by atoms with Gasteiger partial charge in [-0.05, 0) is 17.7 Å². The van der Waals surface area contributed by atoms with Gasteiger partial charge in [0.2, 0.25) is 6.79 Å². The second-order valence-electron chi connectivity index (χ2n) is 3.84. The molecule has 1 aromatic rings. The van der Waals surface area contributed by atoms with Crippen LogP contribution >= 0.6 is 0 Å². The molecule has 0 bridgehead atoms. The number of benzene rings is 1. The Morgan fingerprint density at radius 2 is 2.06 bits per heavy atom. The summed E-state index contributed by atoms with van der Waals surface area (Å²) < 4.78 is 14.8. The number of esters is 1. The van der Waals surface area contributed by atoms with E-state index in [4.69, 9.17) is 9.47 Å². The predicted molar refractivity (Wildman–Crippen MR) is 61.1 cm³/mol. The molecule has 18 heavy (non-hydrogen) atoms. The number of carbonyl (C=O) groups excluding carboxylic acids is 2. The lowest BCUT2D eigenvalue weighted by molar-refractivity contribution is -0.157. The second-order valence-corrected chi connectivity index (χ2v) is 3.84. The van der Waals surface area contributed by atoms with Gasteiger partial charge in [0, 0.05) is 13.6 Å². The summed E-state index contributed by atoms with van der Waals surface area (Å²) in [5.41, 5.74) is 0.846. The van der Waals surface area contributed by atoms with E-state index in [0.717, 1.165) is 5.56 Å². The van der Waals surface area contributed by atoms with E-state index in [1.807, 2.05) is 6.07 Å². The molecule has 0 fully saturated rings. The number of fused-ring (bicyclic) bond motifs is 1. The first-order valence-electron chi connectivity index (χ1n) is 5.33. The summed E-state index contributed by atoms with van der Waals surface area (Å²) in [6.45, 7) is 0.500. The lowest BCUT2D eigenvalue weighted by Gasteiger charge is -2.15. The van der Waals surface area contributed by atoms with Crippen LogP contribution in [0.5, 0.6) is 11.5 Å². The van der Waals surface area contributed by atoms with Gasteiger partial charge in [0.1, 0.15) is 0 Å². The molecule has 1 aliphatic rings. The zero-order valence-electron chi connectivity index (χ0n) is 10.1. The molecule has 0 saturated carbocycles. The van der Waals surface area contributed by atoms with E-state index in [0.29, 0.717) is 18.0 Å². The van der Waals surface area contributed by atoms with Crippen LogP contribution in [-0.2, 0) is 20.9 Å². The quantitative estimate of drug-likeness (QED) is 0.567. The fourth-order valence-electron chi connectivity index (χ4n) is 1.63. The van der Waals surface area contributed by atoms with E-state index in [1.54, 1.807) is 12.1 Å². The van der Waals surface area contributed by atoms with Gasteiger partial charge < -0.3 is 19.1 Å². The third-order valence-corrected chi connectivity index (χ3v) is 2.56. The van der Waals surface area contributed by atoms with Gasteiger partial charge >= 0.3 is 11.9 Å². The number of ether oxygens (including phenoxy) is 3. The minimum Gasteiger partial charge on any atom is -0.462 e. The largest absolute Gasteiger partial charge is 0.462 e. The number of amides is 1. The van der Waals surface area contributed by atoms with Crippen molar-refractivity contribution >= 4 is 11.9 Å². The number of carbonyl (C=O) groups is 2. The van der Waals surface area contributed by atoms with Crippen LogP contribution in [0.15, 0.2) is 18.2 Å². The maximum absolute atomic E-state index is 11.5. The van der Waals surface area contributed by atoms with Crippen LogP contribution in [0.4, 0.5) is 0 Å². The van der Waals surface area contributed by atoms with Crippen molar-refractivity contribution in [2.75, 3.05) is 21.0 Å². The summed E-state index contributed by atoms with van der Waals surface area (Å²) >= 11 is 0. The summed E-state index contributed by atoms with van der Waals surface area (Å²) in [5.74, 6) is -0.236. The molecule has 6 nitrogen and oxygen atoms in total. The number of rotatable bonds is 2. The summed E-state index contributed by atoms with van der Waals surface area (Å²) in [5, 5.41) is 0. The minimum atomic E-state index is -0.877. The third-order valence-electron chi connectivity index (χ3n) is 2.56. The maximum Gasteiger partial charge on any atom is 0.396 e. The first-order chi connectivity index (χ1) is 8.61. The zero-order valence-corrected chi connectivity index (χ0v) is 10.1. The molecule has 0 unspecified atom stereocenters. The normalized spacial score (nSPS) is 12.1. The lowest BCUT2D eigenvalue weighted by atomic mass is 10.2. The average Bonchev–Trinajstić information content (AvgIpc) is 2.84. The average molecular weight is 251 g/mol. The molecule has 1 heterocycles. The van der Waals surface area contributed by atoms with E-state index in [9.17, 15) is 9.59 Å². The van der Waals surface area contributed by atoms with Gasteiger partial charge in [-0.1, -0.05) is 6.07 Å². The molecule has 0 aromatic heterocycles. The first-order valence-corrected chi connectivity index (χ1v) is 5.33. The monoisotopic (exact) mass is 251 g/mol. The van der Waals surface area contributed by atoms with Crippen molar-refractivity contribution < 1.29 is 23.8 Å². The highest BCUT2D eigenvalue weighted by atomic mass is 16.7. The van der Waals surface area contributed by atoms with Crippen LogP contribution in [0.1, 0.15) is 5.56 Å². The van der Waals surface area contributed by atoms with Gasteiger partial charge in [-0.2, -0.15) is 0 Å². The fraction of sp³-hybridized carbons (Fsp3) is 0.333. The molecule has 0 saturated heterocycles. The van der Waals surface area contributed by atoms with Gasteiger partial charge in [0.15, 0.2) is 11.5 Å². The highest BCUT2D eigenvalue weighted by Crippen LogP contribution is 2.32. The Morgan fingerprint density at radius 3 is 2.78 bits per heavy atom. The molecule has 0 spiro atoms. The molecule has 1 aliphatic heterocycles. The van der Waals surface area contributed by atoms with E-state index >= 15 is 0 Å². The van der Waals surface area contributed by atoms with Crippen molar-refractivity contribution in [3.63, 3.8) is 0 Å². The van der Waals surface area contributed by atoms with Crippen molar-refractivity contribution in [3.8, 4) is 11.5 Å². The van der Waals surface area contributed by atoms with E-state index in [-0.39, 0.29) is 6.79 Å². The second kappa shape index (κ2) is 4.95. The maximum atomic E-state index is 11.5. The van der Waals surface area contributed by atoms with E-state index in [1.165, 1.54) is 19.1 Å². The van der Waals surface area contributed by atoms with E-state index < -0.39 is 11.9 Å². The third kappa shape index (κ3) is 2.37. The van der Waals surface area contributed by atoms with Gasteiger partial charge in [0.25, 0.3) is 0 Å². The van der Waals surface area contributed by atoms with Crippen LogP contribution in [-0.4, -0.2) is 37.7 Å². The Labute approximate surface area is 104 Å². The molecule has 2 rings (SSSR count). The summed E-state index contributed by atoms with van der Waals surface area (Å²) in [6, 6.07) is 5.37. The molecule has 0 N–H and O–H groups in total. The minimum absolute atomic E-state index is 0.204. The standard InChI is InChI=1S/C12H13NO5/c1-13(11(14)12(15)16-2)6-8-3-4-9-10(5-8)18-7-17-9/h3-5H,6-7H2,1-2H3. The molecule has 1 amide bonds.